The normalized spacial score (nSPS) is 13.5. The van der Waals surface area contributed by atoms with Crippen molar-refractivity contribution in [1.82, 2.24) is 14.9 Å². The van der Waals surface area contributed by atoms with Crippen LogP contribution in [0, 0.1) is 5.92 Å². The molecule has 2 aromatic rings. The highest BCUT2D eigenvalue weighted by molar-refractivity contribution is 6.34. The lowest BCUT2D eigenvalue weighted by atomic mass is 10.0. The minimum Gasteiger partial charge on any atom is -0.480 e. The van der Waals surface area contributed by atoms with Crippen LogP contribution in [0.3, 0.4) is 0 Å². The van der Waals surface area contributed by atoms with E-state index in [1.807, 2.05) is 13.8 Å². The summed E-state index contributed by atoms with van der Waals surface area (Å²) < 4.78 is 1.79. The first-order chi connectivity index (χ1) is 13.2. The molecule has 0 radical (unpaired) electrons. The van der Waals surface area contributed by atoms with Crippen molar-refractivity contribution in [3.05, 3.63) is 52.0 Å². The van der Waals surface area contributed by atoms with Crippen LogP contribution in [0.4, 0.5) is 0 Å². The van der Waals surface area contributed by atoms with Gasteiger partial charge < -0.3 is 14.8 Å². The van der Waals surface area contributed by atoms with Crippen molar-refractivity contribution in [3.63, 3.8) is 0 Å². The maximum absolute atomic E-state index is 11.7. The molecule has 0 bridgehead atoms. The summed E-state index contributed by atoms with van der Waals surface area (Å²) in [6.07, 6.45) is 3.58. The molecular weight excluding hydrogens is 405 g/mol. The number of carbonyl (C=O) groups is 2. The van der Waals surface area contributed by atoms with Crippen molar-refractivity contribution in [2.45, 2.75) is 45.3 Å². The lowest BCUT2D eigenvalue weighted by molar-refractivity contribution is -0.142. The first kappa shape index (κ1) is 22.2. The molecule has 2 rings (SSSR count). The number of aromatic nitrogens is 2. The molecule has 1 heterocycles. The fraction of sp³-hybridized carbons (Fsp3) is 0.421. The third-order valence-electron chi connectivity index (χ3n) is 4.19. The quantitative estimate of drug-likeness (QED) is 0.536. The zero-order valence-corrected chi connectivity index (χ0v) is 17.1. The van der Waals surface area contributed by atoms with E-state index in [0.717, 1.165) is 5.56 Å². The molecule has 3 N–H and O–H groups in total. The van der Waals surface area contributed by atoms with Gasteiger partial charge in [-0.1, -0.05) is 37.0 Å². The van der Waals surface area contributed by atoms with Crippen LogP contribution in [0.1, 0.15) is 31.5 Å². The van der Waals surface area contributed by atoms with E-state index in [4.69, 9.17) is 23.2 Å². The number of carboxylic acids is 2. The van der Waals surface area contributed by atoms with Crippen LogP contribution in [-0.2, 0) is 22.6 Å². The lowest BCUT2D eigenvalue weighted by Crippen LogP contribution is -2.49. The molecule has 0 aliphatic heterocycles. The van der Waals surface area contributed by atoms with E-state index < -0.39 is 24.0 Å². The molecule has 28 heavy (non-hydrogen) atoms. The van der Waals surface area contributed by atoms with Crippen molar-refractivity contribution in [2.24, 2.45) is 5.92 Å². The molecule has 0 saturated carbocycles. The number of halogens is 2. The number of rotatable bonds is 10. The van der Waals surface area contributed by atoms with Gasteiger partial charge in [0.05, 0.1) is 6.33 Å². The van der Waals surface area contributed by atoms with Gasteiger partial charge in [0.2, 0.25) is 0 Å². The van der Waals surface area contributed by atoms with E-state index in [-0.39, 0.29) is 12.3 Å². The third-order valence-corrected chi connectivity index (χ3v) is 4.63. The van der Waals surface area contributed by atoms with Crippen LogP contribution < -0.4 is 5.32 Å². The second kappa shape index (κ2) is 9.91. The van der Waals surface area contributed by atoms with Gasteiger partial charge in [-0.05, 0) is 36.1 Å². The Kier molecular flexibility index (Phi) is 7.86. The lowest BCUT2D eigenvalue weighted by Gasteiger charge is -2.22. The number of aliphatic carboxylic acids is 2. The second-order valence-corrected chi connectivity index (χ2v) is 7.95. The Balaban J connectivity index is 2.17. The van der Waals surface area contributed by atoms with Crippen LogP contribution in [0.25, 0.3) is 0 Å². The molecule has 7 nitrogen and oxygen atoms in total. The van der Waals surface area contributed by atoms with Gasteiger partial charge in [0.1, 0.15) is 12.1 Å². The summed E-state index contributed by atoms with van der Waals surface area (Å²) in [4.78, 5) is 27.3. The maximum atomic E-state index is 11.7. The highest BCUT2D eigenvalue weighted by Gasteiger charge is 2.27. The monoisotopic (exact) mass is 427 g/mol. The summed E-state index contributed by atoms with van der Waals surface area (Å²) in [7, 11) is 0. The summed E-state index contributed by atoms with van der Waals surface area (Å²) in [5.41, 5.74) is 1.50. The molecule has 0 spiro atoms. The molecule has 9 heteroatoms. The van der Waals surface area contributed by atoms with Crippen molar-refractivity contribution in [1.29, 1.82) is 0 Å². The van der Waals surface area contributed by atoms with E-state index in [2.05, 4.69) is 10.3 Å². The molecule has 0 amide bonds. The van der Waals surface area contributed by atoms with Crippen molar-refractivity contribution in [3.8, 4) is 0 Å². The summed E-state index contributed by atoms with van der Waals surface area (Å²) in [6, 6.07) is 3.18. The number of nitrogens with one attached hydrogen (secondary N) is 1. The molecule has 0 aliphatic rings. The highest BCUT2D eigenvalue weighted by atomic mass is 35.5. The van der Waals surface area contributed by atoms with Gasteiger partial charge in [-0.3, -0.25) is 14.9 Å². The Hall–Kier alpha value is -2.09. The van der Waals surface area contributed by atoms with Gasteiger partial charge >= 0.3 is 11.9 Å². The van der Waals surface area contributed by atoms with E-state index >= 15 is 0 Å². The number of carboxylic acid groups (broad SMARTS) is 2. The van der Waals surface area contributed by atoms with E-state index in [1.54, 1.807) is 35.3 Å². The molecule has 0 saturated heterocycles. The average molecular weight is 428 g/mol. The van der Waals surface area contributed by atoms with Gasteiger partial charge in [0, 0.05) is 34.9 Å². The number of benzene rings is 1. The summed E-state index contributed by atoms with van der Waals surface area (Å²) in [6.45, 7) is 4.19. The molecular formula is C19H23Cl2N3O4. The predicted molar refractivity (Wildman–Crippen MR) is 107 cm³/mol. The first-order valence-corrected chi connectivity index (χ1v) is 9.57. The average Bonchev–Trinajstić information content (AvgIpc) is 2.98. The fourth-order valence-electron chi connectivity index (χ4n) is 2.94. The van der Waals surface area contributed by atoms with Crippen molar-refractivity contribution >= 4 is 35.1 Å². The van der Waals surface area contributed by atoms with Crippen LogP contribution in [0.5, 0.6) is 0 Å². The van der Waals surface area contributed by atoms with Crippen molar-refractivity contribution in [2.75, 3.05) is 0 Å². The smallest absolute Gasteiger partial charge is 0.321 e. The van der Waals surface area contributed by atoms with E-state index in [9.17, 15) is 19.8 Å². The Labute approximate surface area is 173 Å². The summed E-state index contributed by atoms with van der Waals surface area (Å²) >= 11 is 12.1. The highest BCUT2D eigenvalue weighted by Crippen LogP contribution is 2.20. The van der Waals surface area contributed by atoms with E-state index in [1.165, 1.54) is 0 Å². The summed E-state index contributed by atoms with van der Waals surface area (Å²) in [5.74, 6) is -2.07. The molecule has 1 aromatic heterocycles. The Bertz CT molecular complexity index is 818. The van der Waals surface area contributed by atoms with Gasteiger partial charge in [0.25, 0.3) is 0 Å². The Morgan fingerprint density at radius 3 is 2.25 bits per heavy atom. The minimum atomic E-state index is -1.12. The van der Waals surface area contributed by atoms with Gasteiger partial charge in [-0.15, -0.1) is 0 Å². The Morgan fingerprint density at radius 2 is 1.71 bits per heavy atom. The van der Waals surface area contributed by atoms with Gasteiger partial charge in [-0.2, -0.15) is 0 Å². The fourth-order valence-corrected chi connectivity index (χ4v) is 3.51. The number of nitrogens with zero attached hydrogens (tertiary/aromatic N) is 2. The first-order valence-electron chi connectivity index (χ1n) is 8.81. The molecule has 2 unspecified atom stereocenters. The number of imidazole rings is 1. The van der Waals surface area contributed by atoms with Gasteiger partial charge in [-0.25, -0.2) is 4.98 Å². The molecule has 1 aromatic carbocycles. The van der Waals surface area contributed by atoms with Crippen LogP contribution >= 0.6 is 23.2 Å². The predicted octanol–water partition coefficient (Wildman–Crippen LogP) is 3.32. The maximum Gasteiger partial charge on any atom is 0.321 e. The topological polar surface area (TPSA) is 104 Å². The molecule has 152 valence electrons. The number of hydrogen-bond donors (Lipinski definition) is 3. The SMILES string of the molecule is CC(C)CC(NC(Cc1cncn1Cc1cc(Cl)cc(Cl)c1)C(=O)O)C(=O)O. The molecule has 0 fully saturated rings. The third kappa shape index (κ3) is 6.51. The van der Waals surface area contributed by atoms with Crippen LogP contribution in [0.15, 0.2) is 30.7 Å². The molecule has 0 aliphatic carbocycles. The van der Waals surface area contributed by atoms with Crippen LogP contribution in [0.2, 0.25) is 10.0 Å². The molecule has 2 atom stereocenters. The summed E-state index contributed by atoms with van der Waals surface area (Å²) in [5, 5.41) is 22.7. The van der Waals surface area contributed by atoms with Crippen molar-refractivity contribution < 1.29 is 19.8 Å². The standard InChI is InChI=1S/C19H23Cl2N3O4/c1-11(2)3-16(18(25)26)23-17(19(27)28)7-15-8-22-10-24(15)9-12-4-13(20)6-14(21)5-12/h4-6,8,10-11,16-17,23H,3,7,9H2,1-2H3,(H,25,26)(H,27,28). The second-order valence-electron chi connectivity index (χ2n) is 7.07. The number of hydrogen-bond acceptors (Lipinski definition) is 4. The van der Waals surface area contributed by atoms with Gasteiger partial charge in [0.15, 0.2) is 0 Å². The van der Waals surface area contributed by atoms with Crippen LogP contribution in [-0.4, -0.2) is 43.8 Å². The largest absolute Gasteiger partial charge is 0.480 e. The zero-order valence-electron chi connectivity index (χ0n) is 15.6. The zero-order chi connectivity index (χ0) is 20.8. The minimum absolute atomic E-state index is 0.0888. The Morgan fingerprint density at radius 1 is 1.11 bits per heavy atom. The van der Waals surface area contributed by atoms with E-state index in [0.29, 0.717) is 28.7 Å².